The fourth-order valence-corrected chi connectivity index (χ4v) is 2.52. The number of hydrogen-bond acceptors (Lipinski definition) is 4. The predicted octanol–water partition coefficient (Wildman–Crippen LogP) is 4.87. The molecule has 114 valence electrons. The summed E-state index contributed by atoms with van der Waals surface area (Å²) in [5.74, 6) is 1.30. The molecule has 0 unspecified atom stereocenters. The Morgan fingerprint density at radius 1 is 1.05 bits per heavy atom. The molecule has 6 heteroatoms. The fraction of sp³-hybridized carbons (Fsp3) is 0.188. The Morgan fingerprint density at radius 2 is 1.91 bits per heavy atom. The highest BCUT2D eigenvalue weighted by Gasteiger charge is 2.11. The summed E-state index contributed by atoms with van der Waals surface area (Å²) in [5, 5.41) is 5.19. The van der Waals surface area contributed by atoms with Crippen LogP contribution in [0.25, 0.3) is 11.5 Å². The van der Waals surface area contributed by atoms with Crippen molar-refractivity contribution in [2.45, 2.75) is 13.1 Å². The molecule has 0 saturated heterocycles. The van der Waals surface area contributed by atoms with Crippen molar-refractivity contribution in [3.8, 4) is 11.5 Å². The molecule has 2 aromatic heterocycles. The third-order valence-electron chi connectivity index (χ3n) is 3.19. The van der Waals surface area contributed by atoms with E-state index in [2.05, 4.69) is 10.1 Å². The summed E-state index contributed by atoms with van der Waals surface area (Å²) in [6.45, 7) is 1.39. The predicted molar refractivity (Wildman–Crippen MR) is 85.8 cm³/mol. The standard InChI is InChI=1S/C16H14Cl2N2O2/c1-20(9-11-4-5-13(17)14(18)7-11)10-12-8-16(22-19-12)15-3-2-6-21-15/h2-8H,9-10H2,1H3. The van der Waals surface area contributed by atoms with Gasteiger partial charge in [0.2, 0.25) is 5.76 Å². The fourth-order valence-electron chi connectivity index (χ4n) is 2.20. The van der Waals surface area contributed by atoms with Gasteiger partial charge in [-0.3, -0.25) is 4.90 Å². The molecule has 0 N–H and O–H groups in total. The van der Waals surface area contributed by atoms with Gasteiger partial charge in [-0.15, -0.1) is 0 Å². The number of benzene rings is 1. The number of furan rings is 1. The number of halogens is 2. The molecule has 2 heterocycles. The molecular weight excluding hydrogens is 323 g/mol. The summed E-state index contributed by atoms with van der Waals surface area (Å²) in [5.41, 5.74) is 1.93. The first-order valence-electron chi connectivity index (χ1n) is 6.74. The van der Waals surface area contributed by atoms with Gasteiger partial charge in [0.1, 0.15) is 0 Å². The van der Waals surface area contributed by atoms with Gasteiger partial charge >= 0.3 is 0 Å². The monoisotopic (exact) mass is 336 g/mol. The number of rotatable bonds is 5. The lowest BCUT2D eigenvalue weighted by Crippen LogP contribution is -2.17. The molecule has 22 heavy (non-hydrogen) atoms. The van der Waals surface area contributed by atoms with Gasteiger partial charge in [-0.25, -0.2) is 0 Å². The molecule has 0 atom stereocenters. The average Bonchev–Trinajstić information content (AvgIpc) is 3.13. The van der Waals surface area contributed by atoms with E-state index in [0.29, 0.717) is 28.1 Å². The first-order chi connectivity index (χ1) is 10.6. The van der Waals surface area contributed by atoms with Crippen LogP contribution < -0.4 is 0 Å². The molecule has 1 aromatic carbocycles. The quantitative estimate of drug-likeness (QED) is 0.666. The van der Waals surface area contributed by atoms with E-state index in [9.17, 15) is 0 Å². The van der Waals surface area contributed by atoms with E-state index in [1.54, 1.807) is 12.3 Å². The van der Waals surface area contributed by atoms with Crippen molar-refractivity contribution >= 4 is 23.2 Å². The van der Waals surface area contributed by atoms with Gasteiger partial charge < -0.3 is 8.94 Å². The minimum atomic E-state index is 0.563. The number of hydrogen-bond donors (Lipinski definition) is 0. The summed E-state index contributed by atoms with van der Waals surface area (Å²) in [6.07, 6.45) is 1.61. The van der Waals surface area contributed by atoms with Crippen molar-refractivity contribution < 1.29 is 8.94 Å². The summed E-state index contributed by atoms with van der Waals surface area (Å²) in [7, 11) is 2.00. The summed E-state index contributed by atoms with van der Waals surface area (Å²) >= 11 is 12.0. The largest absolute Gasteiger partial charge is 0.461 e. The molecule has 0 bridgehead atoms. The molecule has 0 aliphatic heterocycles. The zero-order chi connectivity index (χ0) is 15.5. The molecule has 3 rings (SSSR count). The number of nitrogens with zero attached hydrogens (tertiary/aromatic N) is 2. The van der Waals surface area contributed by atoms with Crippen molar-refractivity contribution in [1.29, 1.82) is 0 Å². The van der Waals surface area contributed by atoms with Gasteiger partial charge in [-0.2, -0.15) is 0 Å². The molecule has 0 amide bonds. The van der Waals surface area contributed by atoms with Crippen molar-refractivity contribution in [1.82, 2.24) is 10.1 Å². The van der Waals surface area contributed by atoms with Gasteiger partial charge in [0.05, 0.1) is 22.0 Å². The maximum absolute atomic E-state index is 6.03. The highest BCUT2D eigenvalue weighted by atomic mass is 35.5. The second kappa shape index (κ2) is 6.57. The van der Waals surface area contributed by atoms with Crippen LogP contribution in [0.1, 0.15) is 11.3 Å². The summed E-state index contributed by atoms with van der Waals surface area (Å²) < 4.78 is 10.6. The van der Waals surface area contributed by atoms with Gasteiger partial charge in [0, 0.05) is 19.2 Å². The van der Waals surface area contributed by atoms with E-state index in [1.165, 1.54) is 0 Å². The third kappa shape index (κ3) is 3.53. The normalized spacial score (nSPS) is 11.3. The molecule has 0 saturated carbocycles. The van der Waals surface area contributed by atoms with Gasteiger partial charge in [0.25, 0.3) is 0 Å². The molecule has 0 spiro atoms. The van der Waals surface area contributed by atoms with Crippen LogP contribution in [0.2, 0.25) is 10.0 Å². The van der Waals surface area contributed by atoms with Crippen molar-refractivity contribution in [2.24, 2.45) is 0 Å². The Morgan fingerprint density at radius 3 is 2.64 bits per heavy atom. The number of aromatic nitrogens is 1. The van der Waals surface area contributed by atoms with E-state index < -0.39 is 0 Å². The zero-order valence-electron chi connectivity index (χ0n) is 11.9. The van der Waals surface area contributed by atoms with E-state index in [-0.39, 0.29) is 0 Å². The van der Waals surface area contributed by atoms with Crippen molar-refractivity contribution in [3.05, 3.63) is 64.0 Å². The molecule has 4 nitrogen and oxygen atoms in total. The minimum absolute atomic E-state index is 0.563. The Labute approximate surface area is 138 Å². The zero-order valence-corrected chi connectivity index (χ0v) is 13.4. The third-order valence-corrected chi connectivity index (χ3v) is 3.93. The van der Waals surface area contributed by atoms with Crippen LogP contribution >= 0.6 is 23.2 Å². The lowest BCUT2D eigenvalue weighted by Gasteiger charge is -2.15. The highest BCUT2D eigenvalue weighted by molar-refractivity contribution is 6.42. The van der Waals surface area contributed by atoms with Crippen LogP contribution in [-0.2, 0) is 13.1 Å². The average molecular weight is 337 g/mol. The smallest absolute Gasteiger partial charge is 0.202 e. The van der Waals surface area contributed by atoms with Crippen LogP contribution in [-0.4, -0.2) is 17.1 Å². The molecule has 0 aliphatic carbocycles. The Hall–Kier alpha value is -1.75. The van der Waals surface area contributed by atoms with Crippen LogP contribution in [0.4, 0.5) is 0 Å². The second-order valence-electron chi connectivity index (χ2n) is 5.08. The molecular formula is C16H14Cl2N2O2. The Bertz CT molecular complexity index is 753. The first kappa shape index (κ1) is 15.2. The van der Waals surface area contributed by atoms with Crippen LogP contribution in [0.5, 0.6) is 0 Å². The van der Waals surface area contributed by atoms with E-state index in [4.69, 9.17) is 32.1 Å². The Kier molecular flexibility index (Phi) is 4.52. The maximum Gasteiger partial charge on any atom is 0.202 e. The van der Waals surface area contributed by atoms with Crippen molar-refractivity contribution in [3.63, 3.8) is 0 Å². The molecule has 0 aliphatic rings. The van der Waals surface area contributed by atoms with E-state index in [1.807, 2.05) is 37.4 Å². The van der Waals surface area contributed by atoms with Crippen molar-refractivity contribution in [2.75, 3.05) is 7.05 Å². The first-order valence-corrected chi connectivity index (χ1v) is 7.49. The SMILES string of the molecule is CN(Cc1ccc(Cl)c(Cl)c1)Cc1cc(-c2ccco2)on1. The van der Waals surface area contributed by atoms with Gasteiger partial charge in [0.15, 0.2) is 5.76 Å². The lowest BCUT2D eigenvalue weighted by atomic mass is 10.2. The lowest BCUT2D eigenvalue weighted by molar-refractivity contribution is 0.304. The minimum Gasteiger partial charge on any atom is -0.461 e. The topological polar surface area (TPSA) is 42.4 Å². The summed E-state index contributed by atoms with van der Waals surface area (Å²) in [6, 6.07) is 11.2. The van der Waals surface area contributed by atoms with Gasteiger partial charge in [-0.1, -0.05) is 34.4 Å². The van der Waals surface area contributed by atoms with E-state index in [0.717, 1.165) is 17.8 Å². The molecule has 0 fully saturated rings. The van der Waals surface area contributed by atoms with Crippen LogP contribution in [0.15, 0.2) is 51.6 Å². The molecule has 3 aromatic rings. The van der Waals surface area contributed by atoms with Crippen LogP contribution in [0, 0.1) is 0 Å². The Balaban J connectivity index is 1.64. The van der Waals surface area contributed by atoms with Crippen LogP contribution in [0.3, 0.4) is 0 Å². The molecule has 0 radical (unpaired) electrons. The summed E-state index contributed by atoms with van der Waals surface area (Å²) in [4.78, 5) is 2.11. The highest BCUT2D eigenvalue weighted by Crippen LogP contribution is 2.24. The second-order valence-corrected chi connectivity index (χ2v) is 5.89. The van der Waals surface area contributed by atoms with E-state index >= 15 is 0 Å². The maximum atomic E-state index is 6.03. The van der Waals surface area contributed by atoms with Gasteiger partial charge in [-0.05, 0) is 36.9 Å².